The predicted octanol–water partition coefficient (Wildman–Crippen LogP) is -0.767. The van der Waals surface area contributed by atoms with E-state index in [0.717, 1.165) is 0 Å². The van der Waals surface area contributed by atoms with Gasteiger partial charge in [-0.15, -0.1) is 0 Å². The van der Waals surface area contributed by atoms with Crippen molar-refractivity contribution < 1.29 is 14.0 Å². The number of benzene rings is 1. The first-order chi connectivity index (χ1) is 9.27. The monoisotopic (exact) mass is 298 g/mol. The Morgan fingerprint density at radius 1 is 1.10 bits per heavy atom. The Balaban J connectivity index is 2.94. The molecular weight excluding hydrogens is 283 g/mol. The van der Waals surface area contributed by atoms with Gasteiger partial charge in [0.2, 0.25) is 11.8 Å². The molecule has 0 unspecified atom stereocenters. The van der Waals surface area contributed by atoms with E-state index in [1.54, 1.807) is 6.07 Å². The lowest BCUT2D eigenvalue weighted by molar-refractivity contribution is -0.122. The Hall–Kier alpha value is -2.06. The first kappa shape index (κ1) is 16.0. The molecule has 0 fully saturated rings. The summed E-state index contributed by atoms with van der Waals surface area (Å²) in [5, 5.41) is 0. The van der Waals surface area contributed by atoms with E-state index in [4.69, 9.17) is 29.4 Å². The molecular formula is C12H15FN4O2S. The highest BCUT2D eigenvalue weighted by atomic mass is 32.1. The van der Waals surface area contributed by atoms with Crippen LogP contribution in [-0.4, -0.2) is 34.8 Å². The molecule has 0 saturated heterocycles. The Morgan fingerprint density at radius 2 is 1.65 bits per heavy atom. The number of hydrogen-bond acceptors (Lipinski definition) is 4. The standard InChI is InChI=1S/C12H15FN4O2S/c13-9-2-7(1-8(3-9)12(16)20)4-17(5-10(14)18)6-11(15)19/h1-3H,4-6H2,(H2,14,18)(H2,15,19)(H2,16,20). The Labute approximate surface area is 120 Å². The smallest absolute Gasteiger partial charge is 0.231 e. The summed E-state index contributed by atoms with van der Waals surface area (Å²) in [6.45, 7) is -0.205. The Morgan fingerprint density at radius 3 is 2.10 bits per heavy atom. The first-order valence-electron chi connectivity index (χ1n) is 5.66. The zero-order valence-corrected chi connectivity index (χ0v) is 11.5. The lowest BCUT2D eigenvalue weighted by Gasteiger charge is -2.19. The number of halogens is 1. The van der Waals surface area contributed by atoms with Gasteiger partial charge in [-0.25, -0.2) is 4.39 Å². The molecule has 1 aromatic carbocycles. The molecule has 1 rings (SSSR count). The maximum Gasteiger partial charge on any atom is 0.231 e. The largest absolute Gasteiger partial charge is 0.389 e. The van der Waals surface area contributed by atoms with Gasteiger partial charge in [0.25, 0.3) is 0 Å². The first-order valence-corrected chi connectivity index (χ1v) is 6.07. The van der Waals surface area contributed by atoms with Crippen molar-refractivity contribution in [3.8, 4) is 0 Å². The number of hydrogen-bond donors (Lipinski definition) is 3. The van der Waals surface area contributed by atoms with E-state index < -0.39 is 17.6 Å². The van der Waals surface area contributed by atoms with Crippen molar-refractivity contribution in [2.75, 3.05) is 13.1 Å². The summed E-state index contributed by atoms with van der Waals surface area (Å²) < 4.78 is 13.4. The summed E-state index contributed by atoms with van der Waals surface area (Å²) in [5.74, 6) is -1.74. The highest BCUT2D eigenvalue weighted by Gasteiger charge is 2.13. The lowest BCUT2D eigenvalue weighted by atomic mass is 10.1. The fourth-order valence-corrected chi connectivity index (χ4v) is 1.87. The fourth-order valence-electron chi connectivity index (χ4n) is 1.75. The van der Waals surface area contributed by atoms with Crippen LogP contribution in [-0.2, 0) is 16.1 Å². The zero-order chi connectivity index (χ0) is 15.3. The van der Waals surface area contributed by atoms with Gasteiger partial charge in [-0.1, -0.05) is 12.2 Å². The van der Waals surface area contributed by atoms with E-state index in [9.17, 15) is 14.0 Å². The molecule has 0 aliphatic heterocycles. The van der Waals surface area contributed by atoms with Crippen molar-refractivity contribution in [3.63, 3.8) is 0 Å². The second-order valence-electron chi connectivity index (χ2n) is 4.29. The number of thiocarbonyl (C=S) groups is 1. The van der Waals surface area contributed by atoms with Gasteiger partial charge in [-0.2, -0.15) is 0 Å². The third kappa shape index (κ3) is 5.29. The molecule has 6 N–H and O–H groups in total. The lowest BCUT2D eigenvalue weighted by Crippen LogP contribution is -2.39. The Kier molecular flexibility index (Phi) is 5.53. The molecule has 20 heavy (non-hydrogen) atoms. The fraction of sp³-hybridized carbons (Fsp3) is 0.250. The van der Waals surface area contributed by atoms with E-state index >= 15 is 0 Å². The molecule has 0 bridgehead atoms. The van der Waals surface area contributed by atoms with Crippen molar-refractivity contribution in [2.45, 2.75) is 6.54 Å². The molecule has 0 saturated carbocycles. The summed E-state index contributed by atoms with van der Waals surface area (Å²) in [6, 6.07) is 4.05. The van der Waals surface area contributed by atoms with Crippen LogP contribution in [0.3, 0.4) is 0 Å². The number of nitrogens with two attached hydrogens (primary N) is 3. The van der Waals surface area contributed by atoms with Crippen LogP contribution >= 0.6 is 12.2 Å². The summed E-state index contributed by atoms with van der Waals surface area (Å²) in [4.78, 5) is 23.3. The van der Waals surface area contributed by atoms with Gasteiger partial charge in [-0.05, 0) is 23.8 Å². The molecule has 108 valence electrons. The van der Waals surface area contributed by atoms with Crippen molar-refractivity contribution in [1.29, 1.82) is 0 Å². The second-order valence-corrected chi connectivity index (χ2v) is 4.73. The molecule has 0 aromatic heterocycles. The van der Waals surface area contributed by atoms with Gasteiger partial charge in [-0.3, -0.25) is 14.5 Å². The van der Waals surface area contributed by atoms with Crippen LogP contribution in [0.5, 0.6) is 0 Å². The highest BCUT2D eigenvalue weighted by Crippen LogP contribution is 2.12. The van der Waals surface area contributed by atoms with Gasteiger partial charge in [0, 0.05) is 12.1 Å². The average Bonchev–Trinajstić information content (AvgIpc) is 2.25. The third-order valence-corrected chi connectivity index (χ3v) is 2.64. The number of nitrogens with zero attached hydrogens (tertiary/aromatic N) is 1. The molecule has 0 aliphatic rings. The van der Waals surface area contributed by atoms with Gasteiger partial charge in [0.05, 0.1) is 13.1 Å². The van der Waals surface area contributed by atoms with E-state index in [1.165, 1.54) is 17.0 Å². The maximum atomic E-state index is 13.4. The molecule has 0 aliphatic carbocycles. The van der Waals surface area contributed by atoms with Crippen LogP contribution in [0.1, 0.15) is 11.1 Å². The van der Waals surface area contributed by atoms with Gasteiger partial charge < -0.3 is 17.2 Å². The van der Waals surface area contributed by atoms with E-state index in [1.807, 2.05) is 0 Å². The number of carbonyl (C=O) groups is 2. The number of rotatable bonds is 7. The minimum absolute atomic E-state index is 0.0575. The summed E-state index contributed by atoms with van der Waals surface area (Å²) in [7, 11) is 0. The minimum atomic E-state index is -0.614. The summed E-state index contributed by atoms with van der Waals surface area (Å²) in [6.07, 6.45) is 0. The zero-order valence-electron chi connectivity index (χ0n) is 10.6. The molecule has 0 atom stereocenters. The Bertz CT molecular complexity index is 534. The normalized spacial score (nSPS) is 10.5. The van der Waals surface area contributed by atoms with Gasteiger partial charge in [0.15, 0.2) is 0 Å². The molecule has 1 aromatic rings. The summed E-state index contributed by atoms with van der Waals surface area (Å²) >= 11 is 4.78. The minimum Gasteiger partial charge on any atom is -0.389 e. The van der Waals surface area contributed by atoms with Crippen molar-refractivity contribution >= 4 is 29.0 Å². The molecule has 0 heterocycles. The van der Waals surface area contributed by atoms with Crippen molar-refractivity contribution in [3.05, 3.63) is 35.1 Å². The van der Waals surface area contributed by atoms with Gasteiger partial charge in [0.1, 0.15) is 10.8 Å². The topological polar surface area (TPSA) is 115 Å². The van der Waals surface area contributed by atoms with E-state index in [0.29, 0.717) is 11.1 Å². The van der Waals surface area contributed by atoms with Crippen LogP contribution in [0, 0.1) is 5.82 Å². The van der Waals surface area contributed by atoms with Gasteiger partial charge >= 0.3 is 0 Å². The average molecular weight is 298 g/mol. The van der Waals surface area contributed by atoms with E-state index in [-0.39, 0.29) is 24.6 Å². The van der Waals surface area contributed by atoms with Crippen LogP contribution in [0.4, 0.5) is 4.39 Å². The van der Waals surface area contributed by atoms with Crippen LogP contribution < -0.4 is 17.2 Å². The molecule has 2 amide bonds. The van der Waals surface area contributed by atoms with Crippen molar-refractivity contribution in [2.24, 2.45) is 17.2 Å². The van der Waals surface area contributed by atoms with Crippen molar-refractivity contribution in [1.82, 2.24) is 4.90 Å². The number of primary amides is 2. The highest BCUT2D eigenvalue weighted by molar-refractivity contribution is 7.80. The van der Waals surface area contributed by atoms with Crippen LogP contribution in [0.25, 0.3) is 0 Å². The predicted molar refractivity (Wildman–Crippen MR) is 76.0 cm³/mol. The SMILES string of the molecule is NC(=O)CN(CC(N)=O)Cc1cc(F)cc(C(N)=S)c1. The van der Waals surface area contributed by atoms with E-state index in [2.05, 4.69) is 0 Å². The van der Waals surface area contributed by atoms with Crippen LogP contribution in [0.2, 0.25) is 0 Å². The second kappa shape index (κ2) is 6.92. The maximum absolute atomic E-state index is 13.4. The van der Waals surface area contributed by atoms with Crippen LogP contribution in [0.15, 0.2) is 18.2 Å². The third-order valence-electron chi connectivity index (χ3n) is 2.41. The molecule has 6 nitrogen and oxygen atoms in total. The molecule has 0 spiro atoms. The summed E-state index contributed by atoms with van der Waals surface area (Å²) in [5.41, 5.74) is 16.5. The quantitative estimate of drug-likeness (QED) is 0.572. The molecule has 8 heteroatoms. The number of carbonyl (C=O) groups excluding carboxylic acids is 2. The molecule has 0 radical (unpaired) electrons. The number of amides is 2.